The molecule has 0 saturated carbocycles. The predicted molar refractivity (Wildman–Crippen MR) is 87.1 cm³/mol. The van der Waals surface area contributed by atoms with Crippen LogP contribution in [0.5, 0.6) is 0 Å². The lowest BCUT2D eigenvalue weighted by molar-refractivity contribution is -0.0586. The number of rotatable bonds is 2. The zero-order valence-corrected chi connectivity index (χ0v) is 14.0. The first-order valence-corrected chi connectivity index (χ1v) is 7.87. The molecule has 0 radical (unpaired) electrons. The third kappa shape index (κ3) is 3.27. The molecule has 1 aliphatic heterocycles. The molecule has 6 nitrogen and oxygen atoms in total. The maximum Gasteiger partial charge on any atom is 0.254 e. The van der Waals surface area contributed by atoms with E-state index >= 15 is 0 Å². The Morgan fingerprint density at radius 1 is 1.17 bits per heavy atom. The molecule has 1 aromatic carbocycles. The number of aromatic nitrogens is 3. The van der Waals surface area contributed by atoms with Crippen LogP contribution in [0, 0.1) is 6.92 Å². The number of amides is 1. The number of carbonyl (C=O) groups excluding carboxylic acids is 1. The number of aryl methyl sites for hydroxylation is 2. The van der Waals surface area contributed by atoms with Crippen LogP contribution in [0.3, 0.4) is 0 Å². The molecule has 3 rings (SSSR count). The van der Waals surface area contributed by atoms with Crippen LogP contribution >= 0.6 is 0 Å². The molecule has 6 heteroatoms. The Labute approximate surface area is 136 Å². The number of hydrogen-bond acceptors (Lipinski definition) is 4. The van der Waals surface area contributed by atoms with Crippen molar-refractivity contribution in [3.8, 4) is 11.4 Å². The molecule has 1 amide bonds. The SMILES string of the molecule is Cc1nc(-c2ccc(C(=O)N3C[C@@H](C)O[C@@H](C)C3)cc2)n(C)n1. The molecule has 122 valence electrons. The first kappa shape index (κ1) is 15.7. The minimum atomic E-state index is 0.0488. The minimum absolute atomic E-state index is 0.0488. The van der Waals surface area contributed by atoms with E-state index in [-0.39, 0.29) is 18.1 Å². The molecule has 0 unspecified atom stereocenters. The van der Waals surface area contributed by atoms with Gasteiger partial charge in [0.2, 0.25) is 0 Å². The second-order valence-corrected chi connectivity index (χ2v) is 6.15. The first-order chi connectivity index (χ1) is 10.9. The maximum atomic E-state index is 12.6. The highest BCUT2D eigenvalue weighted by molar-refractivity contribution is 5.94. The van der Waals surface area contributed by atoms with E-state index in [1.54, 1.807) is 4.68 Å². The smallest absolute Gasteiger partial charge is 0.254 e. The van der Waals surface area contributed by atoms with Crippen molar-refractivity contribution >= 4 is 5.91 Å². The summed E-state index contributed by atoms with van der Waals surface area (Å²) in [6.45, 7) is 7.12. The second-order valence-electron chi connectivity index (χ2n) is 6.15. The van der Waals surface area contributed by atoms with E-state index in [9.17, 15) is 4.79 Å². The summed E-state index contributed by atoms with van der Waals surface area (Å²) in [6.07, 6.45) is 0.146. The van der Waals surface area contributed by atoms with Gasteiger partial charge >= 0.3 is 0 Å². The van der Waals surface area contributed by atoms with Crippen LogP contribution in [0.2, 0.25) is 0 Å². The van der Waals surface area contributed by atoms with Gasteiger partial charge in [0.15, 0.2) is 5.82 Å². The molecule has 1 aliphatic rings. The van der Waals surface area contributed by atoms with Crippen LogP contribution in [0.1, 0.15) is 30.0 Å². The van der Waals surface area contributed by atoms with Crippen molar-refractivity contribution in [1.29, 1.82) is 0 Å². The van der Waals surface area contributed by atoms with Crippen molar-refractivity contribution in [3.05, 3.63) is 35.7 Å². The first-order valence-electron chi connectivity index (χ1n) is 7.87. The molecule has 23 heavy (non-hydrogen) atoms. The lowest BCUT2D eigenvalue weighted by Crippen LogP contribution is -2.48. The number of carbonyl (C=O) groups is 1. The molecule has 0 N–H and O–H groups in total. The molecular weight excluding hydrogens is 292 g/mol. The van der Waals surface area contributed by atoms with E-state index in [1.807, 2.05) is 57.0 Å². The summed E-state index contributed by atoms with van der Waals surface area (Å²) in [4.78, 5) is 18.9. The van der Waals surface area contributed by atoms with Crippen molar-refractivity contribution in [2.75, 3.05) is 13.1 Å². The summed E-state index contributed by atoms with van der Waals surface area (Å²) in [7, 11) is 1.87. The van der Waals surface area contributed by atoms with Gasteiger partial charge in [0.1, 0.15) is 5.82 Å². The minimum Gasteiger partial charge on any atom is -0.372 e. The third-order valence-corrected chi connectivity index (χ3v) is 3.97. The summed E-state index contributed by atoms with van der Waals surface area (Å²) in [6, 6.07) is 7.55. The fourth-order valence-corrected chi connectivity index (χ4v) is 3.05. The van der Waals surface area contributed by atoms with E-state index in [1.165, 1.54) is 0 Å². The highest BCUT2D eigenvalue weighted by Gasteiger charge is 2.26. The van der Waals surface area contributed by atoms with Crippen molar-refractivity contribution in [3.63, 3.8) is 0 Å². The molecule has 0 aliphatic carbocycles. The maximum absolute atomic E-state index is 12.6. The highest BCUT2D eigenvalue weighted by atomic mass is 16.5. The number of ether oxygens (including phenoxy) is 1. The average molecular weight is 314 g/mol. The Morgan fingerprint density at radius 3 is 2.30 bits per heavy atom. The van der Waals surface area contributed by atoms with Crippen LogP contribution in [0.15, 0.2) is 24.3 Å². The molecule has 2 aromatic rings. The Kier molecular flexibility index (Phi) is 4.17. The fraction of sp³-hybridized carbons (Fsp3) is 0.471. The van der Waals surface area contributed by atoms with Crippen molar-refractivity contribution in [1.82, 2.24) is 19.7 Å². The molecule has 1 fully saturated rings. The van der Waals surface area contributed by atoms with Gasteiger partial charge in [-0.1, -0.05) is 12.1 Å². The van der Waals surface area contributed by atoms with Crippen molar-refractivity contribution < 1.29 is 9.53 Å². The molecule has 2 heterocycles. The van der Waals surface area contributed by atoms with Gasteiger partial charge < -0.3 is 9.64 Å². The zero-order valence-electron chi connectivity index (χ0n) is 14.0. The number of nitrogens with zero attached hydrogens (tertiary/aromatic N) is 4. The van der Waals surface area contributed by atoms with E-state index < -0.39 is 0 Å². The van der Waals surface area contributed by atoms with E-state index in [4.69, 9.17) is 4.74 Å². The number of morpholine rings is 1. The van der Waals surface area contributed by atoms with Crippen LogP contribution < -0.4 is 0 Å². The van der Waals surface area contributed by atoms with Gasteiger partial charge in [-0.3, -0.25) is 4.79 Å². The van der Waals surface area contributed by atoms with E-state index in [2.05, 4.69) is 10.1 Å². The summed E-state index contributed by atoms with van der Waals surface area (Å²) in [5.74, 6) is 1.58. The Hall–Kier alpha value is -2.21. The Morgan fingerprint density at radius 2 is 1.78 bits per heavy atom. The van der Waals surface area contributed by atoms with Crippen LogP contribution in [-0.2, 0) is 11.8 Å². The molecule has 1 aromatic heterocycles. The summed E-state index contributed by atoms with van der Waals surface area (Å²) < 4.78 is 7.43. The second kappa shape index (κ2) is 6.12. The Bertz CT molecular complexity index is 698. The summed E-state index contributed by atoms with van der Waals surface area (Å²) >= 11 is 0. The van der Waals surface area contributed by atoms with Gasteiger partial charge in [0, 0.05) is 31.3 Å². The predicted octanol–water partition coefficient (Wildman–Crippen LogP) is 2.04. The van der Waals surface area contributed by atoms with Crippen LogP contribution in [-0.4, -0.2) is 50.9 Å². The van der Waals surface area contributed by atoms with E-state index in [0.717, 1.165) is 17.2 Å². The van der Waals surface area contributed by atoms with Gasteiger partial charge in [-0.2, -0.15) is 5.10 Å². The lowest BCUT2D eigenvalue weighted by Gasteiger charge is -2.35. The quantitative estimate of drug-likeness (QED) is 0.851. The third-order valence-electron chi connectivity index (χ3n) is 3.97. The topological polar surface area (TPSA) is 60.3 Å². The summed E-state index contributed by atoms with van der Waals surface area (Å²) in [5.41, 5.74) is 1.64. The standard InChI is InChI=1S/C17H22N4O2/c1-11-9-21(10-12(2)23-11)17(22)15-7-5-14(6-8-15)16-18-13(3)19-20(16)4/h5-8,11-12H,9-10H2,1-4H3/t11-,12+. The summed E-state index contributed by atoms with van der Waals surface area (Å²) in [5, 5.41) is 4.25. The average Bonchev–Trinajstić information content (AvgIpc) is 2.84. The lowest BCUT2D eigenvalue weighted by atomic mass is 10.1. The van der Waals surface area contributed by atoms with Crippen LogP contribution in [0.4, 0.5) is 0 Å². The monoisotopic (exact) mass is 314 g/mol. The van der Waals surface area contributed by atoms with Gasteiger partial charge in [-0.15, -0.1) is 0 Å². The van der Waals surface area contributed by atoms with Crippen molar-refractivity contribution in [2.24, 2.45) is 7.05 Å². The molecule has 0 bridgehead atoms. The molecular formula is C17H22N4O2. The largest absolute Gasteiger partial charge is 0.372 e. The molecule has 1 saturated heterocycles. The zero-order chi connectivity index (χ0) is 16.6. The highest BCUT2D eigenvalue weighted by Crippen LogP contribution is 2.19. The molecule has 2 atom stereocenters. The van der Waals surface area contributed by atoms with E-state index in [0.29, 0.717) is 18.7 Å². The normalized spacial score (nSPS) is 21.5. The number of hydrogen-bond donors (Lipinski definition) is 0. The van der Waals surface area contributed by atoms with Gasteiger partial charge in [-0.05, 0) is 32.9 Å². The van der Waals surface area contributed by atoms with Gasteiger partial charge in [0.05, 0.1) is 12.2 Å². The number of benzene rings is 1. The van der Waals surface area contributed by atoms with Crippen molar-refractivity contribution in [2.45, 2.75) is 33.0 Å². The van der Waals surface area contributed by atoms with Crippen LogP contribution in [0.25, 0.3) is 11.4 Å². The van der Waals surface area contributed by atoms with Gasteiger partial charge in [0.25, 0.3) is 5.91 Å². The Balaban J connectivity index is 1.79. The fourth-order valence-electron chi connectivity index (χ4n) is 3.05. The van der Waals surface area contributed by atoms with Gasteiger partial charge in [-0.25, -0.2) is 9.67 Å². The molecule has 0 spiro atoms.